The van der Waals surface area contributed by atoms with Crippen LogP contribution in [0.3, 0.4) is 0 Å². The second-order valence-corrected chi connectivity index (χ2v) is 5.52. The molecule has 1 saturated carbocycles. The lowest BCUT2D eigenvalue weighted by atomic mass is 9.84. The first-order valence-electron chi connectivity index (χ1n) is 5.67. The van der Waals surface area contributed by atoms with Crippen molar-refractivity contribution in [3.05, 3.63) is 30.1 Å². The minimum atomic E-state index is -0.00659. The highest BCUT2D eigenvalue weighted by molar-refractivity contribution is 5.94. The van der Waals surface area contributed by atoms with Crippen LogP contribution < -0.4 is 5.32 Å². The maximum absolute atomic E-state index is 12.0. The fraction of sp³-hybridized carbons (Fsp3) is 0.538. The molecule has 0 radical (unpaired) electrons. The molecule has 1 fully saturated rings. The highest BCUT2D eigenvalue weighted by Gasteiger charge is 2.52. The lowest BCUT2D eigenvalue weighted by Gasteiger charge is -2.31. The summed E-state index contributed by atoms with van der Waals surface area (Å²) in [5, 5.41) is 3.16. The number of carbonyl (C=O) groups is 1. The van der Waals surface area contributed by atoms with E-state index < -0.39 is 0 Å². The van der Waals surface area contributed by atoms with Crippen molar-refractivity contribution in [3.63, 3.8) is 0 Å². The first-order valence-corrected chi connectivity index (χ1v) is 5.67. The van der Waals surface area contributed by atoms with Crippen LogP contribution in [0.2, 0.25) is 0 Å². The number of nitrogens with one attached hydrogen (secondary N) is 1. The zero-order valence-electron chi connectivity index (χ0n) is 10.1. The number of carbonyl (C=O) groups excluding carboxylic acids is 1. The molecule has 1 aliphatic rings. The predicted molar refractivity (Wildman–Crippen MR) is 63.1 cm³/mol. The summed E-state index contributed by atoms with van der Waals surface area (Å²) < 4.78 is 0. The maximum atomic E-state index is 12.0. The van der Waals surface area contributed by atoms with Crippen LogP contribution in [0.4, 0.5) is 0 Å². The molecule has 3 heteroatoms. The highest BCUT2D eigenvalue weighted by Crippen LogP contribution is 2.49. The van der Waals surface area contributed by atoms with Crippen LogP contribution in [0.1, 0.15) is 44.0 Å². The second kappa shape index (κ2) is 3.58. The number of pyridine rings is 1. The molecule has 1 amide bonds. The Kier molecular flexibility index (Phi) is 2.49. The van der Waals surface area contributed by atoms with Gasteiger partial charge >= 0.3 is 0 Å². The minimum Gasteiger partial charge on any atom is -0.346 e. The van der Waals surface area contributed by atoms with Gasteiger partial charge in [-0.3, -0.25) is 9.78 Å². The van der Waals surface area contributed by atoms with Gasteiger partial charge in [-0.25, -0.2) is 0 Å². The van der Waals surface area contributed by atoms with Gasteiger partial charge in [0.25, 0.3) is 5.91 Å². The van der Waals surface area contributed by atoms with Crippen LogP contribution >= 0.6 is 0 Å². The number of aromatic nitrogens is 1. The van der Waals surface area contributed by atoms with Gasteiger partial charge in [-0.2, -0.15) is 0 Å². The first kappa shape index (κ1) is 11.1. The summed E-state index contributed by atoms with van der Waals surface area (Å²) in [6.45, 7) is 6.52. The van der Waals surface area contributed by atoms with E-state index in [-0.39, 0.29) is 16.9 Å². The number of amides is 1. The molecule has 1 aromatic rings. The molecule has 3 nitrogen and oxygen atoms in total. The third-order valence-corrected chi connectivity index (χ3v) is 3.48. The first-order chi connectivity index (χ1) is 7.45. The summed E-state index contributed by atoms with van der Waals surface area (Å²) in [6.07, 6.45) is 5.44. The molecule has 2 rings (SSSR count). The summed E-state index contributed by atoms with van der Waals surface area (Å²) in [5.41, 5.74) is 0.800. The van der Waals surface area contributed by atoms with E-state index in [1.54, 1.807) is 24.5 Å². The lowest BCUT2D eigenvalue weighted by Crippen LogP contribution is -2.46. The van der Waals surface area contributed by atoms with Gasteiger partial charge in [0.15, 0.2) is 0 Å². The molecule has 1 aliphatic carbocycles. The van der Waals surface area contributed by atoms with Gasteiger partial charge in [0, 0.05) is 23.5 Å². The third-order valence-electron chi connectivity index (χ3n) is 3.48. The minimum absolute atomic E-state index is 0.00659. The standard InChI is InChI=1S/C13H18N2O/c1-12(2,3)13(6-7-13)15-11(16)10-4-8-14-9-5-10/h4-5,8-9H,6-7H2,1-3H3,(H,15,16). The van der Waals surface area contributed by atoms with Crippen molar-refractivity contribution in [1.29, 1.82) is 0 Å². The van der Waals surface area contributed by atoms with E-state index in [4.69, 9.17) is 0 Å². The van der Waals surface area contributed by atoms with Gasteiger partial charge in [-0.1, -0.05) is 20.8 Å². The molecule has 16 heavy (non-hydrogen) atoms. The molecule has 0 saturated heterocycles. The Bertz CT molecular complexity index is 388. The fourth-order valence-corrected chi connectivity index (χ4v) is 1.98. The monoisotopic (exact) mass is 218 g/mol. The van der Waals surface area contributed by atoms with E-state index in [1.807, 2.05) is 0 Å². The van der Waals surface area contributed by atoms with Crippen LogP contribution in [0, 0.1) is 5.41 Å². The van der Waals surface area contributed by atoms with E-state index in [9.17, 15) is 4.79 Å². The van der Waals surface area contributed by atoms with Gasteiger partial charge in [0.1, 0.15) is 0 Å². The number of hydrogen-bond donors (Lipinski definition) is 1. The summed E-state index contributed by atoms with van der Waals surface area (Å²) >= 11 is 0. The summed E-state index contributed by atoms with van der Waals surface area (Å²) in [4.78, 5) is 15.9. The van der Waals surface area contributed by atoms with Crippen LogP contribution in [0.5, 0.6) is 0 Å². The van der Waals surface area contributed by atoms with E-state index in [1.165, 1.54) is 0 Å². The number of hydrogen-bond acceptors (Lipinski definition) is 2. The van der Waals surface area contributed by atoms with E-state index in [0.29, 0.717) is 5.56 Å². The molecule has 0 atom stereocenters. The smallest absolute Gasteiger partial charge is 0.251 e. The van der Waals surface area contributed by atoms with Gasteiger partial charge in [-0.05, 0) is 30.4 Å². The van der Waals surface area contributed by atoms with E-state index in [0.717, 1.165) is 12.8 Å². The molecule has 0 bridgehead atoms. The highest BCUT2D eigenvalue weighted by atomic mass is 16.1. The van der Waals surface area contributed by atoms with Crippen molar-refractivity contribution in [1.82, 2.24) is 10.3 Å². The normalized spacial score (nSPS) is 17.9. The van der Waals surface area contributed by atoms with E-state index in [2.05, 4.69) is 31.1 Å². The van der Waals surface area contributed by atoms with Crippen LogP contribution in [0.15, 0.2) is 24.5 Å². The third kappa shape index (κ3) is 1.94. The topological polar surface area (TPSA) is 42.0 Å². The molecule has 86 valence electrons. The van der Waals surface area contributed by atoms with Crippen molar-refractivity contribution in [2.45, 2.75) is 39.2 Å². The SMILES string of the molecule is CC(C)(C)C1(NC(=O)c2ccncc2)CC1. The maximum Gasteiger partial charge on any atom is 0.251 e. The van der Waals surface area contributed by atoms with Gasteiger partial charge in [0.05, 0.1) is 0 Å². The molecular formula is C13H18N2O. The van der Waals surface area contributed by atoms with Crippen molar-refractivity contribution >= 4 is 5.91 Å². The molecule has 0 spiro atoms. The molecule has 0 unspecified atom stereocenters. The number of rotatable bonds is 2. The Labute approximate surface area is 96.3 Å². The second-order valence-electron chi connectivity index (χ2n) is 5.52. The summed E-state index contributed by atoms with van der Waals surface area (Å²) in [6, 6.07) is 3.49. The van der Waals surface area contributed by atoms with E-state index >= 15 is 0 Å². The van der Waals surface area contributed by atoms with Gasteiger partial charge < -0.3 is 5.32 Å². The molecule has 1 heterocycles. The Balaban J connectivity index is 2.10. The Morgan fingerprint density at radius 3 is 2.31 bits per heavy atom. The Morgan fingerprint density at radius 2 is 1.88 bits per heavy atom. The largest absolute Gasteiger partial charge is 0.346 e. The number of nitrogens with zero attached hydrogens (tertiary/aromatic N) is 1. The van der Waals surface area contributed by atoms with Crippen molar-refractivity contribution in [3.8, 4) is 0 Å². The van der Waals surface area contributed by atoms with Crippen molar-refractivity contribution in [2.24, 2.45) is 5.41 Å². The Morgan fingerprint density at radius 1 is 1.31 bits per heavy atom. The van der Waals surface area contributed by atoms with Crippen LogP contribution in [-0.2, 0) is 0 Å². The quantitative estimate of drug-likeness (QED) is 0.828. The van der Waals surface area contributed by atoms with Crippen molar-refractivity contribution < 1.29 is 4.79 Å². The molecule has 1 N–H and O–H groups in total. The zero-order chi connectivity index (χ0) is 11.8. The summed E-state index contributed by atoms with van der Waals surface area (Å²) in [5.74, 6) is 0.00910. The van der Waals surface area contributed by atoms with Crippen molar-refractivity contribution in [2.75, 3.05) is 0 Å². The molecular weight excluding hydrogens is 200 g/mol. The lowest BCUT2D eigenvalue weighted by molar-refractivity contribution is 0.0888. The zero-order valence-corrected chi connectivity index (χ0v) is 10.1. The predicted octanol–water partition coefficient (Wildman–Crippen LogP) is 2.39. The average molecular weight is 218 g/mol. The van der Waals surface area contributed by atoms with Gasteiger partial charge in [-0.15, -0.1) is 0 Å². The Hall–Kier alpha value is -1.38. The summed E-state index contributed by atoms with van der Waals surface area (Å²) in [7, 11) is 0. The average Bonchev–Trinajstić information content (AvgIpc) is 2.99. The van der Waals surface area contributed by atoms with Crippen LogP contribution in [-0.4, -0.2) is 16.4 Å². The van der Waals surface area contributed by atoms with Gasteiger partial charge in [0.2, 0.25) is 0 Å². The van der Waals surface area contributed by atoms with Crippen LogP contribution in [0.25, 0.3) is 0 Å². The fourth-order valence-electron chi connectivity index (χ4n) is 1.98. The molecule has 1 aromatic heterocycles. The molecule has 0 aliphatic heterocycles. The molecule has 0 aromatic carbocycles.